The number of nitrogens with one attached hydrogen (secondary N) is 2. The number of hydrogen-bond acceptors (Lipinski definition) is 5. The zero-order chi connectivity index (χ0) is 18.0. The van der Waals surface area contributed by atoms with Crippen molar-refractivity contribution in [1.82, 2.24) is 15.5 Å². The predicted molar refractivity (Wildman–Crippen MR) is 94.2 cm³/mol. The molecule has 134 valence electrons. The fourth-order valence-corrected chi connectivity index (χ4v) is 4.68. The lowest BCUT2D eigenvalue weighted by Gasteiger charge is -2.11. The number of aromatic nitrogens is 2. The number of ether oxygens (including phenoxy) is 1. The highest BCUT2D eigenvalue weighted by atomic mass is 32.2. The zero-order valence-electron chi connectivity index (χ0n) is 14.2. The molecule has 2 aromatic rings. The number of rotatable bonds is 5. The molecule has 0 unspecified atom stereocenters. The van der Waals surface area contributed by atoms with Crippen LogP contribution in [0.4, 0.5) is 0 Å². The molecule has 1 amide bonds. The summed E-state index contributed by atoms with van der Waals surface area (Å²) in [6.45, 7) is 1.86. The van der Waals surface area contributed by atoms with Crippen molar-refractivity contribution in [3.63, 3.8) is 0 Å². The van der Waals surface area contributed by atoms with Crippen LogP contribution in [0.5, 0.6) is 5.75 Å². The van der Waals surface area contributed by atoms with Gasteiger partial charge in [0.1, 0.15) is 5.75 Å². The van der Waals surface area contributed by atoms with Gasteiger partial charge in [-0.1, -0.05) is 0 Å². The van der Waals surface area contributed by atoms with Gasteiger partial charge in [0.25, 0.3) is 0 Å². The van der Waals surface area contributed by atoms with Crippen LogP contribution in [0, 0.1) is 6.92 Å². The minimum atomic E-state index is -3.01. The van der Waals surface area contributed by atoms with Gasteiger partial charge in [0.2, 0.25) is 5.91 Å². The van der Waals surface area contributed by atoms with Crippen LogP contribution in [-0.4, -0.2) is 49.2 Å². The number of nitrogens with zero attached hydrogens (tertiary/aromatic N) is 1. The number of methoxy groups -OCH3 is 1. The fourth-order valence-electron chi connectivity index (χ4n) is 3.00. The maximum Gasteiger partial charge on any atom is 0.224 e. The first-order valence-corrected chi connectivity index (χ1v) is 9.88. The normalized spacial score (nSPS) is 18.9. The van der Waals surface area contributed by atoms with E-state index in [2.05, 4.69) is 15.5 Å². The Morgan fingerprint density at radius 2 is 2.08 bits per heavy atom. The first kappa shape index (κ1) is 17.5. The molecule has 8 heteroatoms. The molecule has 1 aromatic heterocycles. The summed E-state index contributed by atoms with van der Waals surface area (Å²) in [6.07, 6.45) is 0.629. The molecular formula is C17H21N3O4S. The van der Waals surface area contributed by atoms with Crippen LogP contribution < -0.4 is 10.1 Å². The second-order valence-corrected chi connectivity index (χ2v) is 8.48. The van der Waals surface area contributed by atoms with E-state index >= 15 is 0 Å². The van der Waals surface area contributed by atoms with Gasteiger partial charge in [0.05, 0.1) is 30.7 Å². The Labute approximate surface area is 146 Å². The van der Waals surface area contributed by atoms with E-state index in [1.54, 1.807) is 7.11 Å². The van der Waals surface area contributed by atoms with E-state index in [1.165, 1.54) is 0 Å². The third kappa shape index (κ3) is 4.01. The molecule has 1 saturated heterocycles. The maximum absolute atomic E-state index is 12.3. The number of benzene rings is 1. The molecule has 0 saturated carbocycles. The van der Waals surface area contributed by atoms with Gasteiger partial charge in [-0.05, 0) is 37.6 Å². The molecule has 3 rings (SSSR count). The smallest absolute Gasteiger partial charge is 0.224 e. The third-order valence-electron chi connectivity index (χ3n) is 4.37. The average Bonchev–Trinajstić information content (AvgIpc) is 3.10. The second-order valence-electron chi connectivity index (χ2n) is 6.25. The third-order valence-corrected chi connectivity index (χ3v) is 6.14. The summed E-state index contributed by atoms with van der Waals surface area (Å²) in [7, 11) is -1.41. The fraction of sp³-hybridized carbons (Fsp3) is 0.412. The van der Waals surface area contributed by atoms with Crippen LogP contribution >= 0.6 is 0 Å². The van der Waals surface area contributed by atoms with Crippen LogP contribution in [-0.2, 0) is 21.1 Å². The Morgan fingerprint density at radius 3 is 2.68 bits per heavy atom. The van der Waals surface area contributed by atoms with Crippen molar-refractivity contribution in [3.8, 4) is 17.0 Å². The number of carbonyl (C=O) groups excluding carboxylic acids is 1. The molecule has 1 aliphatic heterocycles. The van der Waals surface area contributed by atoms with E-state index in [4.69, 9.17) is 4.74 Å². The Hall–Kier alpha value is -2.35. The highest BCUT2D eigenvalue weighted by Gasteiger charge is 2.29. The van der Waals surface area contributed by atoms with Crippen LogP contribution in [0.3, 0.4) is 0 Å². The van der Waals surface area contributed by atoms with E-state index < -0.39 is 9.84 Å². The molecule has 1 aliphatic rings. The maximum atomic E-state index is 12.3. The lowest BCUT2D eigenvalue weighted by molar-refractivity contribution is -0.121. The SMILES string of the molecule is COc1ccc(-c2n[nH]c(C)c2CC(=O)N[C@H]2CCS(=O)(=O)C2)cc1. The largest absolute Gasteiger partial charge is 0.497 e. The standard InChI is InChI=1S/C17H21N3O4S/c1-11-15(9-16(21)18-13-7-8-25(22,23)10-13)17(20-19-11)12-3-5-14(24-2)6-4-12/h3-6,13H,7-10H2,1-2H3,(H,18,21)(H,19,20)/t13-/m0/s1. The lowest BCUT2D eigenvalue weighted by atomic mass is 10.0. The van der Waals surface area contributed by atoms with Gasteiger partial charge in [-0.15, -0.1) is 0 Å². The minimum absolute atomic E-state index is 0.0223. The Morgan fingerprint density at radius 1 is 1.36 bits per heavy atom. The summed E-state index contributed by atoms with van der Waals surface area (Å²) < 4.78 is 28.2. The first-order valence-electron chi connectivity index (χ1n) is 8.06. The summed E-state index contributed by atoms with van der Waals surface area (Å²) in [4.78, 5) is 12.3. The predicted octanol–water partition coefficient (Wildman–Crippen LogP) is 1.24. The Balaban J connectivity index is 1.74. The summed E-state index contributed by atoms with van der Waals surface area (Å²) >= 11 is 0. The zero-order valence-corrected chi connectivity index (χ0v) is 15.0. The van der Waals surface area contributed by atoms with E-state index in [-0.39, 0.29) is 29.9 Å². The number of aryl methyl sites for hydroxylation is 1. The first-order chi connectivity index (χ1) is 11.9. The van der Waals surface area contributed by atoms with Crippen LogP contribution in [0.15, 0.2) is 24.3 Å². The van der Waals surface area contributed by atoms with E-state index in [9.17, 15) is 13.2 Å². The molecular weight excluding hydrogens is 342 g/mol. The number of H-pyrrole nitrogens is 1. The van der Waals surface area contributed by atoms with Crippen molar-refractivity contribution in [1.29, 1.82) is 0 Å². The van der Waals surface area contributed by atoms with Gasteiger partial charge in [0.15, 0.2) is 9.84 Å². The van der Waals surface area contributed by atoms with Gasteiger partial charge in [-0.3, -0.25) is 9.89 Å². The van der Waals surface area contributed by atoms with Crippen molar-refractivity contribution in [2.75, 3.05) is 18.6 Å². The summed E-state index contributed by atoms with van der Waals surface area (Å²) in [6, 6.07) is 7.16. The highest BCUT2D eigenvalue weighted by molar-refractivity contribution is 7.91. The summed E-state index contributed by atoms with van der Waals surface area (Å²) in [5, 5.41) is 10.0. The number of hydrogen-bond donors (Lipinski definition) is 2. The summed E-state index contributed by atoms with van der Waals surface area (Å²) in [5.74, 6) is 0.716. The molecule has 1 fully saturated rings. The number of amides is 1. The van der Waals surface area contributed by atoms with Crippen molar-refractivity contribution in [3.05, 3.63) is 35.5 Å². The summed E-state index contributed by atoms with van der Waals surface area (Å²) in [5.41, 5.74) is 3.23. The van der Waals surface area contributed by atoms with E-state index in [1.807, 2.05) is 31.2 Å². The van der Waals surface area contributed by atoms with Gasteiger partial charge in [0, 0.05) is 22.9 Å². The minimum Gasteiger partial charge on any atom is -0.497 e. The highest BCUT2D eigenvalue weighted by Crippen LogP contribution is 2.26. The molecule has 2 N–H and O–H groups in total. The van der Waals surface area contributed by atoms with Crippen molar-refractivity contribution < 1.29 is 17.9 Å². The average molecular weight is 363 g/mol. The molecule has 0 bridgehead atoms. The van der Waals surface area contributed by atoms with Crippen molar-refractivity contribution in [2.24, 2.45) is 0 Å². The Bertz CT molecular complexity index is 872. The van der Waals surface area contributed by atoms with Crippen LogP contribution in [0.25, 0.3) is 11.3 Å². The van der Waals surface area contributed by atoms with Crippen molar-refractivity contribution in [2.45, 2.75) is 25.8 Å². The van der Waals surface area contributed by atoms with Gasteiger partial charge >= 0.3 is 0 Å². The van der Waals surface area contributed by atoms with Crippen LogP contribution in [0.1, 0.15) is 17.7 Å². The second kappa shape index (κ2) is 6.87. The molecule has 7 nitrogen and oxygen atoms in total. The van der Waals surface area contributed by atoms with E-state index in [0.29, 0.717) is 12.1 Å². The molecule has 0 radical (unpaired) electrons. The molecule has 25 heavy (non-hydrogen) atoms. The van der Waals surface area contributed by atoms with Gasteiger partial charge in [-0.2, -0.15) is 5.10 Å². The monoisotopic (exact) mass is 363 g/mol. The van der Waals surface area contributed by atoms with Gasteiger partial charge < -0.3 is 10.1 Å². The Kier molecular flexibility index (Phi) is 4.80. The molecule has 1 aromatic carbocycles. The lowest BCUT2D eigenvalue weighted by Crippen LogP contribution is -2.36. The molecule has 2 heterocycles. The quantitative estimate of drug-likeness (QED) is 0.832. The number of sulfone groups is 1. The van der Waals surface area contributed by atoms with Crippen molar-refractivity contribution >= 4 is 15.7 Å². The molecule has 1 atom stereocenters. The number of aromatic amines is 1. The van der Waals surface area contributed by atoms with Crippen LogP contribution in [0.2, 0.25) is 0 Å². The topological polar surface area (TPSA) is 101 Å². The molecule has 0 spiro atoms. The molecule has 0 aliphatic carbocycles. The van der Waals surface area contributed by atoms with E-state index in [0.717, 1.165) is 22.6 Å². The number of carbonyl (C=O) groups is 1. The van der Waals surface area contributed by atoms with Gasteiger partial charge in [-0.25, -0.2) is 8.42 Å².